The highest BCUT2D eigenvalue weighted by molar-refractivity contribution is 5.87. The minimum atomic E-state index is -0.627. The largest absolute Gasteiger partial charge is 0.460 e. The Balaban J connectivity index is 3.55. The Morgan fingerprint density at radius 3 is 2.47 bits per heavy atom. The molecule has 0 rings (SSSR count). The topological polar surface area (TPSA) is 123 Å². The Bertz CT molecular complexity index is 316. The number of carbonyl (C=O) groups is 3. The van der Waals surface area contributed by atoms with Gasteiger partial charge in [-0.25, -0.2) is 15.0 Å². The van der Waals surface area contributed by atoms with E-state index in [2.05, 4.69) is 22.7 Å². The van der Waals surface area contributed by atoms with E-state index in [4.69, 9.17) is 10.5 Å². The molecule has 0 aromatic heterocycles. The Morgan fingerprint density at radius 2 is 1.94 bits per heavy atom. The van der Waals surface area contributed by atoms with Gasteiger partial charge in [-0.15, -0.1) is 0 Å². The maximum atomic E-state index is 11.0. The molecule has 0 aromatic rings. The van der Waals surface area contributed by atoms with E-state index in [0.29, 0.717) is 0 Å². The summed E-state index contributed by atoms with van der Waals surface area (Å²) in [6, 6.07) is -0.627. The Kier molecular flexibility index (Phi) is 7.11. The number of ether oxygens (including phenoxy) is 1. The molecule has 0 radical (unpaired) electrons. The molecule has 0 aliphatic heterocycles. The molecule has 0 aromatic carbocycles. The lowest BCUT2D eigenvalue weighted by molar-refractivity contribution is -0.138. The van der Waals surface area contributed by atoms with Crippen molar-refractivity contribution in [2.24, 2.45) is 5.73 Å². The van der Waals surface area contributed by atoms with E-state index in [1.165, 1.54) is 6.92 Å². The van der Waals surface area contributed by atoms with Gasteiger partial charge in [-0.3, -0.25) is 10.2 Å². The zero-order valence-corrected chi connectivity index (χ0v) is 9.54. The van der Waals surface area contributed by atoms with Gasteiger partial charge in [-0.2, -0.15) is 0 Å². The predicted octanol–water partition coefficient (Wildman–Crippen LogP) is -1.61. The lowest BCUT2D eigenvalue weighted by Gasteiger charge is -2.08. The van der Waals surface area contributed by atoms with Gasteiger partial charge in [-0.1, -0.05) is 6.58 Å². The molecule has 8 heteroatoms. The van der Waals surface area contributed by atoms with Crippen LogP contribution in [0.25, 0.3) is 0 Å². The highest BCUT2D eigenvalue weighted by Gasteiger charge is 2.04. The molecule has 0 fully saturated rings. The summed E-state index contributed by atoms with van der Waals surface area (Å²) < 4.78 is 4.71. The van der Waals surface area contributed by atoms with Crippen LogP contribution < -0.4 is 21.9 Å². The maximum Gasteiger partial charge on any atom is 0.333 e. The Morgan fingerprint density at radius 1 is 1.29 bits per heavy atom. The van der Waals surface area contributed by atoms with E-state index in [-0.39, 0.29) is 25.3 Å². The summed E-state index contributed by atoms with van der Waals surface area (Å²) in [6.45, 7) is 4.82. The van der Waals surface area contributed by atoms with Crippen molar-refractivity contribution in [1.82, 2.24) is 16.2 Å². The molecule has 0 heterocycles. The van der Waals surface area contributed by atoms with Crippen LogP contribution in [0.1, 0.15) is 6.92 Å². The fraction of sp³-hybridized carbons (Fsp3) is 0.444. The van der Waals surface area contributed by atoms with Crippen molar-refractivity contribution in [3.8, 4) is 0 Å². The van der Waals surface area contributed by atoms with Crippen molar-refractivity contribution < 1.29 is 19.1 Å². The van der Waals surface area contributed by atoms with Gasteiger partial charge in [0, 0.05) is 5.57 Å². The van der Waals surface area contributed by atoms with E-state index < -0.39 is 17.9 Å². The van der Waals surface area contributed by atoms with E-state index in [9.17, 15) is 14.4 Å². The molecular weight excluding hydrogens is 228 g/mol. The molecule has 0 unspecified atom stereocenters. The smallest absolute Gasteiger partial charge is 0.333 e. The van der Waals surface area contributed by atoms with Crippen LogP contribution >= 0.6 is 0 Å². The zero-order chi connectivity index (χ0) is 13.3. The quantitative estimate of drug-likeness (QED) is 0.201. The lowest BCUT2D eigenvalue weighted by Crippen LogP contribution is -2.49. The number of urea groups is 1. The summed E-state index contributed by atoms with van der Waals surface area (Å²) in [5, 5.41) is 2.34. The molecule has 0 bridgehead atoms. The third-order valence-electron chi connectivity index (χ3n) is 1.47. The highest BCUT2D eigenvalue weighted by atomic mass is 16.5. The van der Waals surface area contributed by atoms with Crippen LogP contribution in [-0.2, 0) is 14.3 Å². The van der Waals surface area contributed by atoms with Gasteiger partial charge >= 0.3 is 12.0 Å². The van der Waals surface area contributed by atoms with Crippen LogP contribution in [-0.4, -0.2) is 37.6 Å². The van der Waals surface area contributed by atoms with E-state index in [0.717, 1.165) is 0 Å². The standard InChI is InChI=1S/C9H16N4O4/c1-6(2)8(15)17-4-3-11-9(16)13-12-7(14)5-10/h1,3-5,10H2,2H3,(H,12,14)(H2,11,13,16). The van der Waals surface area contributed by atoms with Gasteiger partial charge in [0.25, 0.3) is 5.91 Å². The number of hydrogen-bond acceptors (Lipinski definition) is 5. The van der Waals surface area contributed by atoms with Gasteiger partial charge in [0.05, 0.1) is 13.1 Å². The molecule has 96 valence electrons. The summed E-state index contributed by atoms with van der Waals surface area (Å²) in [5.41, 5.74) is 9.38. The number of nitrogens with one attached hydrogen (secondary N) is 3. The zero-order valence-electron chi connectivity index (χ0n) is 9.54. The van der Waals surface area contributed by atoms with Gasteiger partial charge < -0.3 is 15.8 Å². The fourth-order valence-electron chi connectivity index (χ4n) is 0.653. The minimum absolute atomic E-state index is 0.0178. The summed E-state index contributed by atoms with van der Waals surface area (Å²) in [7, 11) is 0. The third-order valence-corrected chi connectivity index (χ3v) is 1.47. The SMILES string of the molecule is C=C(C)C(=O)OCCNC(=O)NNC(=O)CN. The Labute approximate surface area is 98.5 Å². The molecule has 0 spiro atoms. The van der Waals surface area contributed by atoms with Crippen molar-refractivity contribution in [2.75, 3.05) is 19.7 Å². The summed E-state index contributed by atoms with van der Waals surface area (Å²) >= 11 is 0. The molecule has 0 aliphatic carbocycles. The molecule has 0 atom stereocenters. The number of nitrogens with two attached hydrogens (primary N) is 1. The molecule has 0 saturated carbocycles. The number of esters is 1. The van der Waals surface area contributed by atoms with Crippen LogP contribution in [0.15, 0.2) is 12.2 Å². The summed E-state index contributed by atoms with van der Waals surface area (Å²) in [6.07, 6.45) is 0. The van der Waals surface area contributed by atoms with Gasteiger partial charge in [0.1, 0.15) is 6.61 Å². The van der Waals surface area contributed by atoms with Crippen LogP contribution in [0, 0.1) is 0 Å². The summed E-state index contributed by atoms with van der Waals surface area (Å²) in [5.74, 6) is -1.04. The van der Waals surface area contributed by atoms with Crippen molar-refractivity contribution in [3.05, 3.63) is 12.2 Å². The minimum Gasteiger partial charge on any atom is -0.460 e. The van der Waals surface area contributed by atoms with Crippen LogP contribution in [0.2, 0.25) is 0 Å². The number of hydrogen-bond donors (Lipinski definition) is 4. The maximum absolute atomic E-state index is 11.0. The summed E-state index contributed by atoms with van der Waals surface area (Å²) in [4.78, 5) is 32.6. The van der Waals surface area contributed by atoms with Crippen molar-refractivity contribution in [1.29, 1.82) is 0 Å². The lowest BCUT2D eigenvalue weighted by atomic mass is 10.4. The van der Waals surface area contributed by atoms with Gasteiger partial charge in [0.15, 0.2) is 0 Å². The molecule has 17 heavy (non-hydrogen) atoms. The molecule has 0 saturated heterocycles. The Hall–Kier alpha value is -2.09. The van der Waals surface area contributed by atoms with E-state index >= 15 is 0 Å². The second-order valence-corrected chi connectivity index (χ2v) is 3.05. The average Bonchev–Trinajstić information content (AvgIpc) is 2.30. The first-order valence-corrected chi connectivity index (χ1v) is 4.82. The van der Waals surface area contributed by atoms with Crippen LogP contribution in [0.3, 0.4) is 0 Å². The number of carbonyl (C=O) groups excluding carboxylic acids is 3. The number of rotatable bonds is 5. The second kappa shape index (κ2) is 8.11. The first-order valence-electron chi connectivity index (χ1n) is 4.82. The van der Waals surface area contributed by atoms with Crippen LogP contribution in [0.5, 0.6) is 0 Å². The molecule has 8 nitrogen and oxygen atoms in total. The predicted molar refractivity (Wildman–Crippen MR) is 59.5 cm³/mol. The molecular formula is C9H16N4O4. The number of hydrazine groups is 1. The fourth-order valence-corrected chi connectivity index (χ4v) is 0.653. The second-order valence-electron chi connectivity index (χ2n) is 3.05. The first-order chi connectivity index (χ1) is 7.97. The third kappa shape index (κ3) is 7.79. The van der Waals surface area contributed by atoms with Crippen molar-refractivity contribution in [2.45, 2.75) is 6.92 Å². The van der Waals surface area contributed by atoms with Gasteiger partial charge in [-0.05, 0) is 6.92 Å². The molecule has 3 amide bonds. The molecule has 0 aliphatic rings. The van der Waals surface area contributed by atoms with Crippen molar-refractivity contribution >= 4 is 17.9 Å². The molecule has 5 N–H and O–H groups in total. The van der Waals surface area contributed by atoms with E-state index in [1.54, 1.807) is 0 Å². The average molecular weight is 244 g/mol. The normalized spacial score (nSPS) is 9.06. The first kappa shape index (κ1) is 14.9. The van der Waals surface area contributed by atoms with Crippen LogP contribution in [0.4, 0.5) is 4.79 Å². The van der Waals surface area contributed by atoms with Crippen molar-refractivity contribution in [3.63, 3.8) is 0 Å². The van der Waals surface area contributed by atoms with E-state index in [1.807, 2.05) is 0 Å². The highest BCUT2D eigenvalue weighted by Crippen LogP contribution is 1.90. The van der Waals surface area contributed by atoms with Gasteiger partial charge in [0.2, 0.25) is 0 Å². The number of amides is 3. The monoisotopic (exact) mass is 244 g/mol.